The van der Waals surface area contributed by atoms with Crippen molar-refractivity contribution in [1.29, 1.82) is 0 Å². The smallest absolute Gasteiger partial charge is 0.378 e. The summed E-state index contributed by atoms with van der Waals surface area (Å²) in [6.07, 6.45) is -9.53. The largest absolute Gasteiger partial charge is 0.435 e. The zero-order valence-corrected chi connectivity index (χ0v) is 19.0. The van der Waals surface area contributed by atoms with Gasteiger partial charge in [-0.1, -0.05) is 18.2 Å². The normalized spacial score (nSPS) is 26.9. The number of alkyl halides is 7. The molecule has 1 unspecified atom stereocenters. The van der Waals surface area contributed by atoms with Crippen LogP contribution in [0.4, 0.5) is 30.7 Å². The fraction of sp³-hybridized carbons (Fsp3) is 0.708. The van der Waals surface area contributed by atoms with E-state index >= 15 is 0 Å². The van der Waals surface area contributed by atoms with Crippen LogP contribution in [-0.2, 0) is 21.6 Å². The number of carbonyl (C=O) groups is 1. The zero-order chi connectivity index (χ0) is 25.2. The van der Waals surface area contributed by atoms with Gasteiger partial charge in [-0.3, -0.25) is 9.69 Å². The standard InChI is InChI=1S/C24H27F7N2O2/c25-22(23(26,27)28,24(29,30)31)16-2-3-18-15(11-16)1-4-20-19(18)7-10-33(20)21(34)14-5-8-32(9-6-14)17-12-35-13-17/h2-3,11,14,17,19-20H,1,4-10,12-13H2/t19-,20?/m0/s1. The zero-order valence-electron chi connectivity index (χ0n) is 19.0. The SMILES string of the molecule is O=C(C1CCN(C2COC2)CC1)N1CC[C@H]2c3ccc(C(F)(C(F)(F)F)C(F)(F)F)cc3CCC21. The Morgan fingerprint density at radius 3 is 2.11 bits per heavy atom. The van der Waals surface area contributed by atoms with Crippen LogP contribution >= 0.6 is 0 Å². The van der Waals surface area contributed by atoms with Crippen LogP contribution in [0.1, 0.15) is 48.3 Å². The number of halogens is 7. The first-order valence-corrected chi connectivity index (χ1v) is 12.0. The number of amides is 1. The second-order valence-electron chi connectivity index (χ2n) is 10.1. The molecular formula is C24H27F7N2O2. The number of likely N-dealkylation sites (tertiary alicyclic amines) is 2. The minimum Gasteiger partial charge on any atom is -0.378 e. The topological polar surface area (TPSA) is 32.8 Å². The van der Waals surface area contributed by atoms with Gasteiger partial charge in [0.1, 0.15) is 0 Å². The van der Waals surface area contributed by atoms with E-state index in [9.17, 15) is 35.5 Å². The molecule has 11 heteroatoms. The highest BCUT2D eigenvalue weighted by molar-refractivity contribution is 5.80. The van der Waals surface area contributed by atoms with Gasteiger partial charge < -0.3 is 9.64 Å². The predicted molar refractivity (Wildman–Crippen MR) is 111 cm³/mol. The number of nitrogens with zero attached hydrogens (tertiary/aromatic N) is 2. The highest BCUT2D eigenvalue weighted by Gasteiger charge is 2.73. The van der Waals surface area contributed by atoms with Crippen molar-refractivity contribution in [3.05, 3.63) is 34.9 Å². The van der Waals surface area contributed by atoms with Gasteiger partial charge in [0.15, 0.2) is 0 Å². The summed E-state index contributed by atoms with van der Waals surface area (Å²) in [6.45, 7) is 3.63. The number of piperidine rings is 1. The first kappa shape index (κ1) is 24.8. The van der Waals surface area contributed by atoms with Gasteiger partial charge in [-0.2, -0.15) is 26.3 Å². The quantitative estimate of drug-likeness (QED) is 0.555. The molecule has 0 saturated carbocycles. The lowest BCUT2D eigenvalue weighted by Gasteiger charge is -2.42. The van der Waals surface area contributed by atoms with Crippen LogP contribution in [0.25, 0.3) is 0 Å². The Morgan fingerprint density at radius 1 is 0.886 bits per heavy atom. The summed E-state index contributed by atoms with van der Waals surface area (Å²) in [5.41, 5.74) is -5.95. The molecule has 0 aromatic heterocycles. The molecule has 4 aliphatic rings. The summed E-state index contributed by atoms with van der Waals surface area (Å²) in [5, 5.41) is 0. The molecule has 0 spiro atoms. The molecule has 1 aromatic carbocycles. The van der Waals surface area contributed by atoms with Gasteiger partial charge in [0, 0.05) is 30.0 Å². The van der Waals surface area contributed by atoms with Gasteiger partial charge in [0.2, 0.25) is 5.91 Å². The van der Waals surface area contributed by atoms with Crippen LogP contribution in [0.15, 0.2) is 18.2 Å². The van der Waals surface area contributed by atoms with Gasteiger partial charge in [-0.05, 0) is 56.3 Å². The maximum Gasteiger partial charge on any atom is 0.435 e. The van der Waals surface area contributed by atoms with E-state index < -0.39 is 23.6 Å². The molecule has 1 amide bonds. The summed E-state index contributed by atoms with van der Waals surface area (Å²) in [4.78, 5) is 17.5. The molecule has 1 aliphatic carbocycles. The number of fused-ring (bicyclic) bond motifs is 3. The van der Waals surface area contributed by atoms with Crippen LogP contribution < -0.4 is 0 Å². The third-order valence-electron chi connectivity index (χ3n) is 8.28. The molecule has 0 radical (unpaired) electrons. The number of carbonyl (C=O) groups excluding carboxylic acids is 1. The van der Waals surface area contributed by atoms with Crippen LogP contribution in [0, 0.1) is 5.92 Å². The Bertz CT molecular complexity index is 954. The molecule has 35 heavy (non-hydrogen) atoms. The highest BCUT2D eigenvalue weighted by Crippen LogP contribution is 2.54. The van der Waals surface area contributed by atoms with E-state index in [1.807, 2.05) is 4.90 Å². The second-order valence-corrected chi connectivity index (χ2v) is 10.1. The number of rotatable bonds is 3. The number of aryl methyl sites for hydroxylation is 1. The lowest BCUT2D eigenvalue weighted by atomic mass is 9.77. The lowest BCUT2D eigenvalue weighted by molar-refractivity contribution is -0.348. The fourth-order valence-corrected chi connectivity index (χ4v) is 6.22. The van der Waals surface area contributed by atoms with E-state index in [0.717, 1.165) is 45.2 Å². The van der Waals surface area contributed by atoms with Gasteiger partial charge >= 0.3 is 18.0 Å². The molecule has 3 aliphatic heterocycles. The Hall–Kier alpha value is -1.88. The van der Waals surface area contributed by atoms with Crippen molar-refractivity contribution in [2.75, 3.05) is 32.8 Å². The van der Waals surface area contributed by atoms with Crippen molar-refractivity contribution in [3.63, 3.8) is 0 Å². The van der Waals surface area contributed by atoms with Crippen molar-refractivity contribution in [1.82, 2.24) is 9.80 Å². The summed E-state index contributed by atoms with van der Waals surface area (Å²) >= 11 is 0. The molecule has 0 bridgehead atoms. The molecule has 4 nitrogen and oxygen atoms in total. The number of hydrogen-bond acceptors (Lipinski definition) is 3. The van der Waals surface area contributed by atoms with Crippen LogP contribution in [0.5, 0.6) is 0 Å². The van der Waals surface area contributed by atoms with E-state index in [2.05, 4.69) is 4.90 Å². The molecule has 3 saturated heterocycles. The van der Waals surface area contributed by atoms with E-state index in [0.29, 0.717) is 42.6 Å². The molecule has 3 heterocycles. The first-order chi connectivity index (χ1) is 16.4. The summed E-state index contributed by atoms with van der Waals surface area (Å²) in [7, 11) is 0. The average Bonchev–Trinajstić information content (AvgIpc) is 3.20. The first-order valence-electron chi connectivity index (χ1n) is 12.0. The second kappa shape index (κ2) is 8.61. The van der Waals surface area contributed by atoms with Gasteiger partial charge in [0.25, 0.3) is 0 Å². The van der Waals surface area contributed by atoms with E-state index in [4.69, 9.17) is 4.74 Å². The summed E-state index contributed by atoms with van der Waals surface area (Å²) in [6, 6.07) is 2.81. The lowest BCUT2D eigenvalue weighted by Crippen LogP contribution is -2.53. The van der Waals surface area contributed by atoms with Crippen LogP contribution in [0.2, 0.25) is 0 Å². The van der Waals surface area contributed by atoms with Gasteiger partial charge in [-0.15, -0.1) is 0 Å². The van der Waals surface area contributed by atoms with Crippen LogP contribution in [-0.4, -0.2) is 73.0 Å². The van der Waals surface area contributed by atoms with Gasteiger partial charge in [-0.25, -0.2) is 4.39 Å². The van der Waals surface area contributed by atoms with E-state index in [1.165, 1.54) is 6.07 Å². The molecule has 2 atom stereocenters. The monoisotopic (exact) mass is 508 g/mol. The molecular weight excluding hydrogens is 481 g/mol. The average molecular weight is 508 g/mol. The number of ether oxygens (including phenoxy) is 1. The van der Waals surface area contributed by atoms with Crippen molar-refractivity contribution >= 4 is 5.91 Å². The minimum absolute atomic E-state index is 0.0824. The Kier molecular flexibility index (Phi) is 6.10. The summed E-state index contributed by atoms with van der Waals surface area (Å²) < 4.78 is 98.9. The Balaban J connectivity index is 1.31. The number of benzene rings is 1. The third kappa shape index (κ3) is 4.02. The Morgan fingerprint density at radius 2 is 1.54 bits per heavy atom. The molecule has 5 rings (SSSR count). The van der Waals surface area contributed by atoms with E-state index in [-0.39, 0.29) is 30.2 Å². The Labute approximate surface area is 198 Å². The maximum atomic E-state index is 14.5. The third-order valence-corrected chi connectivity index (χ3v) is 8.28. The van der Waals surface area contributed by atoms with Crippen molar-refractivity contribution in [3.8, 4) is 0 Å². The molecule has 0 N–H and O–H groups in total. The molecule has 3 fully saturated rings. The highest BCUT2D eigenvalue weighted by atomic mass is 19.4. The number of hydrogen-bond donors (Lipinski definition) is 0. The fourth-order valence-electron chi connectivity index (χ4n) is 6.22. The predicted octanol–water partition coefficient (Wildman–Crippen LogP) is 4.72. The van der Waals surface area contributed by atoms with Crippen molar-refractivity contribution in [2.24, 2.45) is 5.92 Å². The molecule has 194 valence electrons. The molecule has 1 aromatic rings. The van der Waals surface area contributed by atoms with Crippen LogP contribution in [0.3, 0.4) is 0 Å². The van der Waals surface area contributed by atoms with Gasteiger partial charge in [0.05, 0.1) is 19.3 Å². The van der Waals surface area contributed by atoms with Crippen molar-refractivity contribution in [2.45, 2.75) is 68.1 Å². The van der Waals surface area contributed by atoms with E-state index in [1.54, 1.807) is 0 Å². The summed E-state index contributed by atoms with van der Waals surface area (Å²) in [5.74, 6) is -0.172. The van der Waals surface area contributed by atoms with Crippen molar-refractivity contribution < 1.29 is 40.3 Å². The minimum atomic E-state index is -6.13. The maximum absolute atomic E-state index is 14.5.